The molecule has 0 fully saturated rings. The number of nitrogens with zero attached hydrogens (tertiary/aromatic N) is 4. The second-order valence-electron chi connectivity index (χ2n) is 5.95. The van der Waals surface area contributed by atoms with Crippen LogP contribution in [-0.2, 0) is 18.4 Å². The Morgan fingerprint density at radius 3 is 2.78 bits per heavy atom. The lowest BCUT2D eigenvalue weighted by Gasteiger charge is -2.03. The minimum Gasteiger partial charge on any atom is -0.278 e. The Hall–Kier alpha value is -2.21. The van der Waals surface area contributed by atoms with Crippen molar-refractivity contribution in [3.63, 3.8) is 0 Å². The van der Waals surface area contributed by atoms with Gasteiger partial charge in [-0.2, -0.15) is 4.98 Å². The first-order valence-corrected chi connectivity index (χ1v) is 7.80. The van der Waals surface area contributed by atoms with E-state index in [0.29, 0.717) is 5.82 Å². The van der Waals surface area contributed by atoms with Crippen LogP contribution in [0.2, 0.25) is 0 Å². The number of aryl methyl sites for hydroxylation is 1. The van der Waals surface area contributed by atoms with Crippen molar-refractivity contribution in [3.8, 4) is 0 Å². The minimum absolute atomic E-state index is 0.675. The average molecular weight is 316 g/mol. The molecule has 2 rings (SSSR count). The van der Waals surface area contributed by atoms with Gasteiger partial charge in [-0.3, -0.25) is 9.40 Å². The molecule has 0 radical (unpaired) electrons. The SMILES string of the molecule is CONc1ncnc2c1n(C/C=C(\C)CCC=C(C)C)c[n+]2C. The fourth-order valence-electron chi connectivity index (χ4n) is 2.47. The molecule has 0 unspecified atom stereocenters. The number of aromatic nitrogens is 4. The molecule has 0 saturated heterocycles. The van der Waals surface area contributed by atoms with Crippen LogP contribution in [0.15, 0.2) is 36.0 Å². The Bertz CT molecular complexity index is 726. The summed E-state index contributed by atoms with van der Waals surface area (Å²) >= 11 is 0. The first-order chi connectivity index (χ1) is 11.0. The van der Waals surface area contributed by atoms with Gasteiger partial charge in [-0.1, -0.05) is 28.3 Å². The average Bonchev–Trinajstić information content (AvgIpc) is 2.83. The predicted molar refractivity (Wildman–Crippen MR) is 91.8 cm³/mol. The van der Waals surface area contributed by atoms with Crippen LogP contribution in [-0.4, -0.2) is 21.6 Å². The van der Waals surface area contributed by atoms with Gasteiger partial charge < -0.3 is 0 Å². The number of rotatable bonds is 7. The molecule has 0 amide bonds. The quantitative estimate of drug-likeness (QED) is 0.485. The van der Waals surface area contributed by atoms with Crippen LogP contribution in [0, 0.1) is 0 Å². The molecule has 0 aliphatic rings. The summed E-state index contributed by atoms with van der Waals surface area (Å²) in [6.07, 6.45) is 10.3. The van der Waals surface area contributed by atoms with E-state index in [4.69, 9.17) is 4.84 Å². The third-order valence-corrected chi connectivity index (χ3v) is 3.66. The zero-order valence-electron chi connectivity index (χ0n) is 14.6. The van der Waals surface area contributed by atoms with Crippen LogP contribution >= 0.6 is 0 Å². The summed E-state index contributed by atoms with van der Waals surface area (Å²) < 4.78 is 4.12. The number of imidazole rings is 1. The Labute approximate surface area is 137 Å². The van der Waals surface area contributed by atoms with Crippen molar-refractivity contribution in [1.82, 2.24) is 14.5 Å². The van der Waals surface area contributed by atoms with Crippen molar-refractivity contribution < 1.29 is 9.40 Å². The molecule has 0 bridgehead atoms. The van der Waals surface area contributed by atoms with E-state index in [-0.39, 0.29) is 0 Å². The summed E-state index contributed by atoms with van der Waals surface area (Å²) in [4.78, 5) is 13.6. The van der Waals surface area contributed by atoms with E-state index in [1.807, 2.05) is 17.9 Å². The number of hydrogen-bond acceptors (Lipinski definition) is 4. The van der Waals surface area contributed by atoms with Crippen molar-refractivity contribution in [3.05, 3.63) is 36.0 Å². The molecule has 0 saturated carbocycles. The van der Waals surface area contributed by atoms with Crippen molar-refractivity contribution in [2.75, 3.05) is 12.6 Å². The first kappa shape index (κ1) is 17.1. The molecule has 0 aliphatic heterocycles. The molecule has 0 spiro atoms. The maximum absolute atomic E-state index is 5.02. The number of fused-ring (bicyclic) bond motifs is 1. The molecule has 0 atom stereocenters. The summed E-state index contributed by atoms with van der Waals surface area (Å²) in [5, 5.41) is 0. The molecule has 2 heterocycles. The smallest absolute Gasteiger partial charge is 0.278 e. The maximum atomic E-state index is 5.02. The van der Waals surface area contributed by atoms with Crippen LogP contribution in [0.5, 0.6) is 0 Å². The molecule has 2 aromatic heterocycles. The van der Waals surface area contributed by atoms with Gasteiger partial charge in [0.25, 0.3) is 0 Å². The number of hydrogen-bond donors (Lipinski definition) is 1. The topological polar surface area (TPSA) is 55.9 Å². The van der Waals surface area contributed by atoms with Gasteiger partial charge in [0.2, 0.25) is 5.52 Å². The normalized spacial score (nSPS) is 11.8. The van der Waals surface area contributed by atoms with Gasteiger partial charge in [-0.05, 0) is 33.6 Å². The van der Waals surface area contributed by atoms with E-state index in [2.05, 4.69) is 52.9 Å². The van der Waals surface area contributed by atoms with E-state index < -0.39 is 0 Å². The highest BCUT2D eigenvalue weighted by Crippen LogP contribution is 2.17. The Kier molecular flexibility index (Phi) is 5.87. The zero-order valence-corrected chi connectivity index (χ0v) is 14.6. The highest BCUT2D eigenvalue weighted by Gasteiger charge is 2.18. The second-order valence-corrected chi connectivity index (χ2v) is 5.95. The highest BCUT2D eigenvalue weighted by atomic mass is 16.6. The van der Waals surface area contributed by atoms with Gasteiger partial charge in [-0.25, -0.2) is 10.0 Å². The molecule has 124 valence electrons. The highest BCUT2D eigenvalue weighted by molar-refractivity contribution is 5.80. The molecular formula is C17H26N5O+. The van der Waals surface area contributed by atoms with Gasteiger partial charge in [0.05, 0.1) is 20.7 Å². The predicted octanol–water partition coefficient (Wildman–Crippen LogP) is 2.92. The monoisotopic (exact) mass is 316 g/mol. The largest absolute Gasteiger partial charge is 0.307 e. The summed E-state index contributed by atoms with van der Waals surface area (Å²) in [5.74, 6) is 0.675. The van der Waals surface area contributed by atoms with Crippen molar-refractivity contribution >= 4 is 17.0 Å². The maximum Gasteiger partial charge on any atom is 0.307 e. The second kappa shape index (κ2) is 7.87. The van der Waals surface area contributed by atoms with Crippen LogP contribution in [0.3, 0.4) is 0 Å². The fraction of sp³-hybridized carbons (Fsp3) is 0.471. The van der Waals surface area contributed by atoms with Gasteiger partial charge in [-0.15, -0.1) is 0 Å². The van der Waals surface area contributed by atoms with E-state index >= 15 is 0 Å². The van der Waals surface area contributed by atoms with E-state index in [9.17, 15) is 0 Å². The third kappa shape index (κ3) is 4.39. The van der Waals surface area contributed by atoms with E-state index in [1.165, 1.54) is 17.5 Å². The van der Waals surface area contributed by atoms with Gasteiger partial charge >= 0.3 is 5.65 Å². The lowest BCUT2D eigenvalue weighted by molar-refractivity contribution is -0.647. The molecular weight excluding hydrogens is 290 g/mol. The zero-order chi connectivity index (χ0) is 16.8. The van der Waals surface area contributed by atoms with Crippen LogP contribution in [0.25, 0.3) is 11.2 Å². The van der Waals surface area contributed by atoms with Crippen molar-refractivity contribution in [1.29, 1.82) is 0 Å². The summed E-state index contributed by atoms with van der Waals surface area (Å²) in [6.45, 7) is 7.23. The molecule has 6 heteroatoms. The molecule has 1 N–H and O–H groups in total. The van der Waals surface area contributed by atoms with Gasteiger partial charge in [0, 0.05) is 0 Å². The molecule has 0 aliphatic carbocycles. The van der Waals surface area contributed by atoms with E-state index in [1.54, 1.807) is 7.11 Å². The van der Waals surface area contributed by atoms with Gasteiger partial charge in [0.1, 0.15) is 0 Å². The minimum atomic E-state index is 0.675. The standard InChI is InChI=1S/C17H26N5O/c1-13(2)7-6-8-14(3)9-10-22-12-21(4)17-15(22)16(20-23-5)18-11-19-17/h7,9,11-12H,6,8,10H2,1-5H3,(H,18,19,20)/q+1/b14-9+. The number of nitrogens with one attached hydrogen (secondary N) is 1. The third-order valence-electron chi connectivity index (χ3n) is 3.66. The van der Waals surface area contributed by atoms with Crippen LogP contribution in [0.4, 0.5) is 5.82 Å². The molecule has 23 heavy (non-hydrogen) atoms. The van der Waals surface area contributed by atoms with Crippen molar-refractivity contribution in [2.45, 2.75) is 40.2 Å². The molecule has 2 aromatic rings. The van der Waals surface area contributed by atoms with E-state index in [0.717, 1.165) is 30.6 Å². The van der Waals surface area contributed by atoms with Crippen molar-refractivity contribution in [2.24, 2.45) is 7.05 Å². The Balaban J connectivity index is 2.21. The van der Waals surface area contributed by atoms with Crippen LogP contribution in [0.1, 0.15) is 33.6 Å². The summed E-state index contributed by atoms with van der Waals surface area (Å²) in [7, 11) is 3.56. The fourth-order valence-corrected chi connectivity index (χ4v) is 2.47. The number of anilines is 1. The lowest BCUT2D eigenvalue weighted by Crippen LogP contribution is -2.26. The number of allylic oxidation sites excluding steroid dienone is 4. The molecule has 6 nitrogen and oxygen atoms in total. The summed E-state index contributed by atoms with van der Waals surface area (Å²) in [6, 6.07) is 0. The molecule has 0 aromatic carbocycles. The Morgan fingerprint density at radius 1 is 1.30 bits per heavy atom. The first-order valence-electron chi connectivity index (χ1n) is 7.80. The Morgan fingerprint density at radius 2 is 2.09 bits per heavy atom. The van der Waals surface area contributed by atoms with Crippen LogP contribution < -0.4 is 10.0 Å². The van der Waals surface area contributed by atoms with Gasteiger partial charge in [0.15, 0.2) is 18.5 Å². The summed E-state index contributed by atoms with van der Waals surface area (Å²) in [5.41, 5.74) is 7.38. The lowest BCUT2D eigenvalue weighted by atomic mass is 10.1.